The van der Waals surface area contributed by atoms with Crippen LogP contribution in [-0.2, 0) is 4.79 Å². The summed E-state index contributed by atoms with van der Waals surface area (Å²) >= 11 is 11.7. The zero-order valence-electron chi connectivity index (χ0n) is 19.0. The van der Waals surface area contributed by atoms with Gasteiger partial charge < -0.3 is 15.1 Å². The Labute approximate surface area is 208 Å². The number of carbonyl (C=O) groups is 2. The molecule has 2 aromatic carbocycles. The average molecular weight is 504 g/mol. The monoisotopic (exact) mass is 503 g/mol. The quantitative estimate of drug-likeness (QED) is 0.346. The molecule has 0 saturated carbocycles. The molecule has 2 aromatic rings. The van der Waals surface area contributed by atoms with E-state index in [1.165, 1.54) is 25.1 Å². The van der Waals surface area contributed by atoms with Crippen molar-refractivity contribution in [3.05, 3.63) is 62.7 Å². The van der Waals surface area contributed by atoms with E-state index in [2.05, 4.69) is 15.5 Å². The molecule has 1 heterocycles. The van der Waals surface area contributed by atoms with Gasteiger partial charge in [0.25, 0.3) is 11.6 Å². The Morgan fingerprint density at radius 3 is 2.50 bits per heavy atom. The number of carbonyl (C=O) groups excluding carboxylic acids is 2. The van der Waals surface area contributed by atoms with Crippen molar-refractivity contribution in [2.45, 2.75) is 26.7 Å². The normalized spacial score (nSPS) is 13.4. The van der Waals surface area contributed by atoms with E-state index in [0.29, 0.717) is 43.3 Å². The van der Waals surface area contributed by atoms with Crippen LogP contribution < -0.4 is 15.5 Å². The van der Waals surface area contributed by atoms with Gasteiger partial charge in [-0.1, -0.05) is 24.6 Å². The molecule has 1 fully saturated rings. The lowest BCUT2D eigenvalue weighted by Gasteiger charge is -2.36. The Balaban J connectivity index is 1.60. The number of hydrogen-bond acceptors (Lipinski definition) is 6. The van der Waals surface area contributed by atoms with E-state index in [1.54, 1.807) is 12.1 Å². The minimum Gasteiger partial charge on any atom is -0.367 e. The highest BCUT2D eigenvalue weighted by Crippen LogP contribution is 2.30. The summed E-state index contributed by atoms with van der Waals surface area (Å²) in [7, 11) is 0. The van der Waals surface area contributed by atoms with E-state index in [1.807, 2.05) is 17.9 Å². The molecule has 0 atom stereocenters. The predicted octanol–water partition coefficient (Wildman–Crippen LogP) is 4.13. The van der Waals surface area contributed by atoms with Crippen LogP contribution in [0.2, 0.25) is 5.02 Å². The number of halogens is 1. The molecule has 2 amide bonds. The van der Waals surface area contributed by atoms with Crippen LogP contribution in [0, 0.1) is 17.0 Å². The average Bonchev–Trinajstić information content (AvgIpc) is 2.79. The lowest BCUT2D eigenvalue weighted by atomic mass is 10.1. The third-order valence-corrected chi connectivity index (χ3v) is 6.12. The molecule has 0 aromatic heterocycles. The molecular weight excluding hydrogens is 478 g/mol. The first kappa shape index (κ1) is 25.4. The van der Waals surface area contributed by atoms with Crippen LogP contribution in [0.15, 0.2) is 36.4 Å². The number of amides is 2. The number of rotatable bonds is 6. The van der Waals surface area contributed by atoms with Gasteiger partial charge in [0.15, 0.2) is 5.11 Å². The topological polar surface area (TPSA) is 108 Å². The number of nitro groups is 1. The van der Waals surface area contributed by atoms with Gasteiger partial charge in [0.05, 0.1) is 15.6 Å². The lowest BCUT2D eigenvalue weighted by Crippen LogP contribution is -2.48. The maximum Gasteiger partial charge on any atom is 0.273 e. The summed E-state index contributed by atoms with van der Waals surface area (Å²) in [5.41, 5.74) is 1.74. The number of nitrogens with one attached hydrogen (secondary N) is 2. The van der Waals surface area contributed by atoms with Gasteiger partial charge in [-0.05, 0) is 49.8 Å². The van der Waals surface area contributed by atoms with Crippen LogP contribution in [0.5, 0.6) is 0 Å². The molecule has 2 N–H and O–H groups in total. The van der Waals surface area contributed by atoms with Crippen LogP contribution >= 0.6 is 23.8 Å². The van der Waals surface area contributed by atoms with Gasteiger partial charge in [-0.15, -0.1) is 0 Å². The molecule has 3 rings (SSSR count). The van der Waals surface area contributed by atoms with Crippen LogP contribution in [0.4, 0.5) is 17.1 Å². The Morgan fingerprint density at radius 1 is 1.18 bits per heavy atom. The molecule has 0 spiro atoms. The number of thiocarbonyl (C=S) groups is 1. The maximum absolute atomic E-state index is 12.6. The Bertz CT molecular complexity index is 1120. The van der Waals surface area contributed by atoms with Gasteiger partial charge in [-0.25, -0.2) is 0 Å². The molecular formula is C23H26ClN5O4S. The van der Waals surface area contributed by atoms with Crippen LogP contribution in [0.1, 0.15) is 35.7 Å². The van der Waals surface area contributed by atoms with Gasteiger partial charge in [0, 0.05) is 55.5 Å². The summed E-state index contributed by atoms with van der Waals surface area (Å²) in [6.07, 6.45) is 1.41. The second-order valence-electron chi connectivity index (χ2n) is 7.90. The highest BCUT2D eigenvalue weighted by Gasteiger charge is 2.22. The second kappa shape index (κ2) is 11.3. The third kappa shape index (κ3) is 6.00. The predicted molar refractivity (Wildman–Crippen MR) is 137 cm³/mol. The smallest absolute Gasteiger partial charge is 0.273 e. The van der Waals surface area contributed by atoms with Gasteiger partial charge in [0.1, 0.15) is 0 Å². The molecule has 11 heteroatoms. The fraction of sp³-hybridized carbons (Fsp3) is 0.348. The van der Waals surface area contributed by atoms with Crippen molar-refractivity contribution < 1.29 is 14.5 Å². The summed E-state index contributed by atoms with van der Waals surface area (Å²) in [6, 6.07) is 9.67. The van der Waals surface area contributed by atoms with E-state index in [-0.39, 0.29) is 27.8 Å². The molecule has 34 heavy (non-hydrogen) atoms. The fourth-order valence-electron chi connectivity index (χ4n) is 3.81. The van der Waals surface area contributed by atoms with Crippen molar-refractivity contribution in [3.8, 4) is 0 Å². The molecule has 9 nitrogen and oxygen atoms in total. The van der Waals surface area contributed by atoms with Crippen molar-refractivity contribution in [3.63, 3.8) is 0 Å². The summed E-state index contributed by atoms with van der Waals surface area (Å²) in [5, 5.41) is 17.1. The molecule has 1 aliphatic heterocycles. The van der Waals surface area contributed by atoms with E-state index >= 15 is 0 Å². The van der Waals surface area contributed by atoms with Gasteiger partial charge in [-0.3, -0.25) is 25.0 Å². The summed E-state index contributed by atoms with van der Waals surface area (Å²) in [4.78, 5) is 39.2. The molecule has 0 bridgehead atoms. The van der Waals surface area contributed by atoms with Crippen LogP contribution in [0.3, 0.4) is 0 Å². The Morgan fingerprint density at radius 2 is 1.88 bits per heavy atom. The molecule has 0 unspecified atom stereocenters. The van der Waals surface area contributed by atoms with Crippen molar-refractivity contribution in [2.24, 2.45) is 0 Å². The number of nitro benzene ring substituents is 1. The molecule has 0 radical (unpaired) electrons. The third-order valence-electron chi connectivity index (χ3n) is 5.62. The first-order valence-electron chi connectivity index (χ1n) is 10.9. The fourth-order valence-corrected chi connectivity index (χ4v) is 4.32. The first-order chi connectivity index (χ1) is 16.2. The number of piperazine rings is 1. The molecule has 1 saturated heterocycles. The molecule has 180 valence electrons. The summed E-state index contributed by atoms with van der Waals surface area (Å²) in [6.45, 7) is 6.21. The number of hydrogen-bond donors (Lipinski definition) is 2. The van der Waals surface area contributed by atoms with Crippen molar-refractivity contribution in [1.82, 2.24) is 10.2 Å². The highest BCUT2D eigenvalue weighted by molar-refractivity contribution is 7.80. The maximum atomic E-state index is 12.6. The van der Waals surface area contributed by atoms with Crippen LogP contribution in [-0.4, -0.2) is 52.9 Å². The van der Waals surface area contributed by atoms with E-state index < -0.39 is 10.8 Å². The van der Waals surface area contributed by atoms with E-state index in [4.69, 9.17) is 23.8 Å². The van der Waals surface area contributed by atoms with Crippen molar-refractivity contribution in [2.75, 3.05) is 36.4 Å². The second-order valence-corrected chi connectivity index (χ2v) is 8.71. The molecule has 1 aliphatic rings. The van der Waals surface area contributed by atoms with E-state index in [0.717, 1.165) is 12.1 Å². The first-order valence-corrected chi connectivity index (χ1v) is 11.7. The Kier molecular flexibility index (Phi) is 8.41. The van der Waals surface area contributed by atoms with Gasteiger partial charge >= 0.3 is 0 Å². The van der Waals surface area contributed by atoms with Crippen molar-refractivity contribution in [1.29, 1.82) is 0 Å². The standard InChI is InChI=1S/C23H26ClN5O4S/c1-3-5-21(30)28-12-10-27(11-13-28)20-9-8-16(14-18(20)24)25-23(34)26-22(31)17-6-4-7-19(15(17)2)29(32)33/h4,6-9,14H,3,5,10-13H2,1-2H3,(H2,25,26,31,34). The van der Waals surface area contributed by atoms with E-state index in [9.17, 15) is 19.7 Å². The van der Waals surface area contributed by atoms with Gasteiger partial charge in [0.2, 0.25) is 5.91 Å². The highest BCUT2D eigenvalue weighted by atomic mass is 35.5. The number of benzene rings is 2. The lowest BCUT2D eigenvalue weighted by molar-refractivity contribution is -0.385. The SMILES string of the molecule is CCCC(=O)N1CCN(c2ccc(NC(=S)NC(=O)c3cccc([N+](=O)[O-])c3C)cc2Cl)CC1. The van der Waals surface area contributed by atoms with Gasteiger partial charge in [-0.2, -0.15) is 0 Å². The minimum absolute atomic E-state index is 0.0442. The van der Waals surface area contributed by atoms with Crippen molar-refractivity contribution >= 4 is 57.8 Å². The van der Waals surface area contributed by atoms with Crippen LogP contribution in [0.25, 0.3) is 0 Å². The number of anilines is 2. The zero-order chi connectivity index (χ0) is 24.8. The Hall–Kier alpha value is -3.24. The zero-order valence-corrected chi connectivity index (χ0v) is 20.5. The summed E-state index contributed by atoms with van der Waals surface area (Å²) < 4.78 is 0. The minimum atomic E-state index is -0.545. The molecule has 0 aliphatic carbocycles. The largest absolute Gasteiger partial charge is 0.367 e. The summed E-state index contributed by atoms with van der Waals surface area (Å²) in [5.74, 6) is -0.361. The number of nitrogens with zero attached hydrogens (tertiary/aromatic N) is 3.